The summed E-state index contributed by atoms with van der Waals surface area (Å²) in [6.45, 7) is 6.14. The van der Waals surface area contributed by atoms with Crippen molar-refractivity contribution < 1.29 is 10.6 Å². The maximum atomic E-state index is 11.1. The molecule has 26 heavy (non-hydrogen) atoms. The van der Waals surface area contributed by atoms with Crippen molar-refractivity contribution in [3.8, 4) is 0 Å². The summed E-state index contributed by atoms with van der Waals surface area (Å²) >= 11 is 1.72. The third-order valence-corrected chi connectivity index (χ3v) is 5.55. The molecule has 2 aromatic carbocycles. The van der Waals surface area contributed by atoms with Gasteiger partial charge in [0.05, 0.1) is 10.9 Å². The van der Waals surface area contributed by atoms with E-state index < -0.39 is 5.60 Å². The molecule has 3 N–H and O–H groups in total. The first-order valence-corrected chi connectivity index (χ1v) is 9.66. The highest BCUT2D eigenvalue weighted by Crippen LogP contribution is 2.34. The first-order chi connectivity index (χ1) is 12.0. The van der Waals surface area contributed by atoms with Crippen LogP contribution in [0.3, 0.4) is 0 Å². The Morgan fingerprint density at radius 3 is 2.19 bits per heavy atom. The Labute approximate surface area is 162 Å². The molecule has 140 valence electrons. The third-order valence-electron chi connectivity index (χ3n) is 4.09. The number of aliphatic hydroxyl groups is 1. The zero-order valence-corrected chi connectivity index (χ0v) is 16.7. The van der Waals surface area contributed by atoms with Crippen LogP contribution in [0.1, 0.15) is 39.2 Å². The second-order valence-electron chi connectivity index (χ2n) is 6.80. The number of benzene rings is 2. The van der Waals surface area contributed by atoms with E-state index >= 15 is 0 Å². The van der Waals surface area contributed by atoms with E-state index in [4.69, 9.17) is 0 Å². The summed E-state index contributed by atoms with van der Waals surface area (Å²) in [5.41, 5.74) is 1.67. The van der Waals surface area contributed by atoms with Gasteiger partial charge in [0.2, 0.25) is 0 Å². The van der Waals surface area contributed by atoms with E-state index in [1.54, 1.807) is 11.8 Å². The van der Waals surface area contributed by atoms with Crippen LogP contribution >= 0.6 is 11.8 Å². The average Bonchev–Trinajstić information content (AvgIpc) is 2.59. The number of hydrogen-bond acceptors (Lipinski definition) is 2. The van der Waals surface area contributed by atoms with Gasteiger partial charge in [0.1, 0.15) is 0 Å². The normalized spacial score (nSPS) is 14.3. The van der Waals surface area contributed by atoms with Crippen LogP contribution in [0, 0.1) is 0 Å². The molecule has 0 amide bonds. The lowest BCUT2D eigenvalue weighted by atomic mass is 9.94. The van der Waals surface area contributed by atoms with Gasteiger partial charge in [0.25, 0.3) is 0 Å². The SMILES string of the molecule is CC(C)=CCC[C@](C)(O)[C@@H](/C=C\c1ccccc1)Sc1ccccc1.O. The van der Waals surface area contributed by atoms with E-state index in [9.17, 15) is 5.11 Å². The molecular weight excluding hydrogens is 340 g/mol. The van der Waals surface area contributed by atoms with Crippen LogP contribution in [0.5, 0.6) is 0 Å². The fourth-order valence-electron chi connectivity index (χ4n) is 2.58. The maximum Gasteiger partial charge on any atom is 0.0779 e. The van der Waals surface area contributed by atoms with Crippen LogP contribution in [-0.2, 0) is 0 Å². The molecule has 2 rings (SSSR count). The zero-order valence-electron chi connectivity index (χ0n) is 15.9. The molecule has 0 bridgehead atoms. The number of hydrogen-bond donors (Lipinski definition) is 1. The third kappa shape index (κ3) is 7.61. The van der Waals surface area contributed by atoms with E-state index in [1.165, 1.54) is 10.5 Å². The number of thioether (sulfide) groups is 1. The Morgan fingerprint density at radius 2 is 1.62 bits per heavy atom. The second-order valence-corrected chi connectivity index (χ2v) is 8.01. The summed E-state index contributed by atoms with van der Waals surface area (Å²) in [4.78, 5) is 1.17. The molecule has 0 aliphatic rings. The predicted molar refractivity (Wildman–Crippen MR) is 114 cm³/mol. The predicted octanol–water partition coefficient (Wildman–Crippen LogP) is 5.53. The molecule has 0 radical (unpaired) electrons. The highest BCUT2D eigenvalue weighted by Gasteiger charge is 2.30. The van der Waals surface area contributed by atoms with Gasteiger partial charge in [-0.05, 0) is 51.3 Å². The maximum absolute atomic E-state index is 11.1. The first kappa shape index (κ1) is 22.2. The van der Waals surface area contributed by atoms with Crippen molar-refractivity contribution in [2.75, 3.05) is 0 Å². The lowest BCUT2D eigenvalue weighted by Gasteiger charge is -2.30. The van der Waals surface area contributed by atoms with Gasteiger partial charge in [-0.3, -0.25) is 0 Å². The summed E-state index contributed by atoms with van der Waals surface area (Å²) in [5.74, 6) is 0. The molecule has 0 heterocycles. The van der Waals surface area contributed by atoms with Gasteiger partial charge < -0.3 is 10.6 Å². The van der Waals surface area contributed by atoms with Crippen molar-refractivity contribution in [3.63, 3.8) is 0 Å². The molecule has 2 atom stereocenters. The molecule has 0 saturated carbocycles. The molecular formula is C23H30O2S. The Hall–Kier alpha value is -1.81. The molecule has 0 unspecified atom stereocenters. The summed E-state index contributed by atoms with van der Waals surface area (Å²) in [6.07, 6.45) is 8.06. The van der Waals surface area contributed by atoms with Gasteiger partial charge in [0.15, 0.2) is 0 Å². The largest absolute Gasteiger partial charge is 0.412 e. The van der Waals surface area contributed by atoms with Crippen LogP contribution in [-0.4, -0.2) is 21.4 Å². The minimum Gasteiger partial charge on any atom is -0.412 e. The highest BCUT2D eigenvalue weighted by atomic mass is 32.2. The Kier molecular flexibility index (Phi) is 9.42. The van der Waals surface area contributed by atoms with Crippen molar-refractivity contribution in [2.24, 2.45) is 0 Å². The fraction of sp³-hybridized carbons (Fsp3) is 0.304. The number of allylic oxidation sites excluding steroid dienone is 2. The Morgan fingerprint density at radius 1 is 1.04 bits per heavy atom. The number of rotatable bonds is 8. The van der Waals surface area contributed by atoms with Crippen LogP contribution < -0.4 is 0 Å². The lowest BCUT2D eigenvalue weighted by molar-refractivity contribution is 0.0605. The summed E-state index contributed by atoms with van der Waals surface area (Å²) in [5, 5.41) is 11.1. The molecule has 2 nitrogen and oxygen atoms in total. The van der Waals surface area contributed by atoms with E-state index in [-0.39, 0.29) is 10.7 Å². The molecule has 0 spiro atoms. The van der Waals surface area contributed by atoms with Crippen molar-refractivity contribution >= 4 is 17.8 Å². The monoisotopic (exact) mass is 370 g/mol. The van der Waals surface area contributed by atoms with Gasteiger partial charge in [-0.1, -0.05) is 72.3 Å². The van der Waals surface area contributed by atoms with E-state index in [0.29, 0.717) is 0 Å². The van der Waals surface area contributed by atoms with Crippen LogP contribution in [0.15, 0.2) is 83.3 Å². The Balaban J connectivity index is 0.00000338. The lowest BCUT2D eigenvalue weighted by Crippen LogP contribution is -2.35. The molecule has 2 aromatic rings. The molecule has 3 heteroatoms. The summed E-state index contributed by atoms with van der Waals surface area (Å²) in [7, 11) is 0. The van der Waals surface area contributed by atoms with Crippen molar-refractivity contribution in [1.29, 1.82) is 0 Å². The molecule has 0 fully saturated rings. The first-order valence-electron chi connectivity index (χ1n) is 8.78. The average molecular weight is 371 g/mol. The minimum absolute atomic E-state index is 0. The highest BCUT2D eigenvalue weighted by molar-refractivity contribution is 8.00. The van der Waals surface area contributed by atoms with Crippen molar-refractivity contribution in [2.45, 2.75) is 49.4 Å². The summed E-state index contributed by atoms with van der Waals surface area (Å²) < 4.78 is 0. The van der Waals surface area contributed by atoms with E-state index in [0.717, 1.165) is 18.4 Å². The van der Waals surface area contributed by atoms with E-state index in [1.807, 2.05) is 43.3 Å². The molecule has 0 aliphatic carbocycles. The van der Waals surface area contributed by atoms with Gasteiger partial charge >= 0.3 is 0 Å². The van der Waals surface area contributed by atoms with Crippen molar-refractivity contribution in [1.82, 2.24) is 0 Å². The second kappa shape index (κ2) is 11.0. The van der Waals surface area contributed by atoms with Crippen LogP contribution in [0.25, 0.3) is 6.08 Å². The molecule has 0 aliphatic heterocycles. The van der Waals surface area contributed by atoms with Crippen LogP contribution in [0.2, 0.25) is 0 Å². The van der Waals surface area contributed by atoms with Gasteiger partial charge in [-0.15, -0.1) is 11.8 Å². The molecule has 0 aromatic heterocycles. The van der Waals surface area contributed by atoms with Crippen LogP contribution in [0.4, 0.5) is 0 Å². The zero-order chi connectivity index (χ0) is 18.1. The van der Waals surface area contributed by atoms with E-state index in [2.05, 4.69) is 56.3 Å². The Bertz CT molecular complexity index is 687. The minimum atomic E-state index is -0.780. The van der Waals surface area contributed by atoms with Crippen molar-refractivity contribution in [3.05, 3.63) is 84.0 Å². The van der Waals surface area contributed by atoms with Gasteiger partial charge in [-0.25, -0.2) is 0 Å². The quantitative estimate of drug-likeness (QED) is 0.490. The molecule has 0 saturated heterocycles. The van der Waals surface area contributed by atoms with Gasteiger partial charge in [-0.2, -0.15) is 0 Å². The van der Waals surface area contributed by atoms with Gasteiger partial charge in [0, 0.05) is 4.90 Å². The smallest absolute Gasteiger partial charge is 0.0779 e. The summed E-state index contributed by atoms with van der Waals surface area (Å²) in [6, 6.07) is 20.5. The fourth-order valence-corrected chi connectivity index (χ4v) is 3.71. The standard InChI is InChI=1S/C23H28OS.H2O/c1-19(2)11-10-18-23(3,24)22(25-21-14-8-5-9-15-21)17-16-20-12-6-4-7-13-20;/h4-9,11-17,22,24H,10,18H2,1-3H3;1H2/b17-16-;/t22-,23+;/m1./s1. The topological polar surface area (TPSA) is 51.7 Å².